The first-order chi connectivity index (χ1) is 7.82. The molecule has 1 heterocycles. The molecule has 3 heteroatoms. The number of rotatable bonds is 2. The van der Waals surface area contributed by atoms with Crippen LogP contribution < -0.4 is 0 Å². The van der Waals surface area contributed by atoms with Gasteiger partial charge in [-0.15, -0.1) is 5.73 Å². The molecule has 0 aromatic heterocycles. The molecule has 0 amide bonds. The van der Waals surface area contributed by atoms with Crippen LogP contribution in [0.25, 0.3) is 0 Å². The quantitative estimate of drug-likeness (QED) is 0.538. The minimum Gasteiger partial charge on any atom is -0.399 e. The molecule has 92 valence electrons. The molecule has 1 aliphatic heterocycles. The number of allylic oxidation sites excluding steroid dienone is 1. The second kappa shape index (κ2) is 3.29. The summed E-state index contributed by atoms with van der Waals surface area (Å²) in [6, 6.07) is 0. The van der Waals surface area contributed by atoms with Crippen molar-refractivity contribution in [1.29, 1.82) is 0 Å². The Morgan fingerprint density at radius 3 is 2.06 bits per heavy atom. The van der Waals surface area contributed by atoms with Gasteiger partial charge in [0.1, 0.15) is 0 Å². The molecule has 1 saturated heterocycles. The lowest BCUT2D eigenvalue weighted by atomic mass is 9.62. The maximum Gasteiger partial charge on any atom is 0.499 e. The molecule has 1 atom stereocenters. The molecule has 3 rings (SSSR count). The van der Waals surface area contributed by atoms with Crippen LogP contribution in [0.15, 0.2) is 16.8 Å². The highest BCUT2D eigenvalue weighted by Crippen LogP contribution is 2.50. The lowest BCUT2D eigenvalue weighted by Gasteiger charge is -2.32. The highest BCUT2D eigenvalue weighted by Gasteiger charge is 2.56. The molecule has 0 spiro atoms. The zero-order valence-corrected chi connectivity index (χ0v) is 11.5. The Morgan fingerprint density at radius 2 is 1.65 bits per heavy atom. The van der Waals surface area contributed by atoms with E-state index in [1.807, 2.05) is 0 Å². The van der Waals surface area contributed by atoms with Crippen LogP contribution in [0.3, 0.4) is 0 Å². The summed E-state index contributed by atoms with van der Waals surface area (Å²) < 4.78 is 12.2. The smallest absolute Gasteiger partial charge is 0.399 e. The molecule has 2 nitrogen and oxygen atoms in total. The zero-order valence-electron chi connectivity index (χ0n) is 11.5. The third-order valence-corrected chi connectivity index (χ3v) is 4.74. The second-order valence-electron chi connectivity index (χ2n) is 6.67. The SMILES string of the molecule is CC1=C=C(B2OC(C)(C)C(C)(C)O2)[C@H]1C1CC1. The summed E-state index contributed by atoms with van der Waals surface area (Å²) >= 11 is 0. The lowest BCUT2D eigenvalue weighted by Crippen LogP contribution is -2.41. The summed E-state index contributed by atoms with van der Waals surface area (Å²) in [5, 5.41) is 0. The maximum absolute atomic E-state index is 6.09. The van der Waals surface area contributed by atoms with E-state index in [1.165, 1.54) is 23.9 Å². The average Bonchev–Trinajstić information content (AvgIpc) is 2.92. The van der Waals surface area contributed by atoms with Gasteiger partial charge in [0.15, 0.2) is 0 Å². The molecule has 1 saturated carbocycles. The fourth-order valence-electron chi connectivity index (χ4n) is 2.75. The topological polar surface area (TPSA) is 18.5 Å². The Morgan fingerprint density at radius 1 is 1.12 bits per heavy atom. The van der Waals surface area contributed by atoms with Crippen molar-refractivity contribution in [2.24, 2.45) is 11.8 Å². The third kappa shape index (κ3) is 1.64. The van der Waals surface area contributed by atoms with Gasteiger partial charge in [-0.1, -0.05) is 0 Å². The van der Waals surface area contributed by atoms with Crippen LogP contribution in [0.5, 0.6) is 0 Å². The van der Waals surface area contributed by atoms with Crippen LogP contribution in [-0.4, -0.2) is 18.3 Å². The first-order valence-electron chi connectivity index (χ1n) is 6.65. The Labute approximate surface area is 104 Å². The standard InChI is InChI=1S/C14H21BO2/c1-9-8-11(12(9)10-6-7-10)15-16-13(2,3)14(4,5)17-15/h10,12H,6-7H2,1-5H3/t12-/m1/s1. The molecule has 17 heavy (non-hydrogen) atoms. The molecule has 0 aromatic carbocycles. The predicted octanol–water partition coefficient (Wildman–Crippen LogP) is 3.13. The molecule has 2 aliphatic carbocycles. The molecule has 0 aromatic rings. The molecule has 3 aliphatic rings. The van der Waals surface area contributed by atoms with Gasteiger partial charge in [-0.2, -0.15) is 0 Å². The van der Waals surface area contributed by atoms with Crippen molar-refractivity contribution < 1.29 is 9.31 Å². The maximum atomic E-state index is 6.09. The molecule has 2 fully saturated rings. The lowest BCUT2D eigenvalue weighted by molar-refractivity contribution is 0.00578. The largest absolute Gasteiger partial charge is 0.499 e. The van der Waals surface area contributed by atoms with E-state index < -0.39 is 0 Å². The van der Waals surface area contributed by atoms with Crippen LogP contribution in [0.2, 0.25) is 0 Å². The van der Waals surface area contributed by atoms with Crippen molar-refractivity contribution in [3.8, 4) is 0 Å². The Balaban J connectivity index is 1.82. The minimum absolute atomic E-state index is 0.172. The fraction of sp³-hybridized carbons (Fsp3) is 0.786. The van der Waals surface area contributed by atoms with Gasteiger partial charge in [-0.25, -0.2) is 0 Å². The molecular formula is C14H21BO2. The Bertz CT molecular complexity index is 410. The van der Waals surface area contributed by atoms with Crippen LogP contribution in [-0.2, 0) is 9.31 Å². The van der Waals surface area contributed by atoms with E-state index >= 15 is 0 Å². The summed E-state index contributed by atoms with van der Waals surface area (Å²) in [4.78, 5) is 0. The highest BCUT2D eigenvalue weighted by molar-refractivity contribution is 6.55. The van der Waals surface area contributed by atoms with Crippen molar-refractivity contribution in [2.45, 2.75) is 58.7 Å². The van der Waals surface area contributed by atoms with Crippen LogP contribution in [0.4, 0.5) is 0 Å². The highest BCUT2D eigenvalue weighted by atomic mass is 16.7. The average molecular weight is 232 g/mol. The van der Waals surface area contributed by atoms with Crippen molar-refractivity contribution in [1.82, 2.24) is 0 Å². The van der Waals surface area contributed by atoms with Gasteiger partial charge < -0.3 is 9.31 Å². The fourth-order valence-corrected chi connectivity index (χ4v) is 2.75. The molecule has 0 bridgehead atoms. The predicted molar refractivity (Wildman–Crippen MR) is 68.5 cm³/mol. The van der Waals surface area contributed by atoms with Gasteiger partial charge in [-0.3, -0.25) is 0 Å². The molecule has 0 radical (unpaired) electrons. The van der Waals surface area contributed by atoms with Crippen LogP contribution in [0, 0.1) is 11.8 Å². The first kappa shape index (κ1) is 11.6. The third-order valence-electron chi connectivity index (χ3n) is 4.74. The van der Waals surface area contributed by atoms with E-state index in [0.717, 1.165) is 5.92 Å². The number of hydrogen-bond acceptors (Lipinski definition) is 2. The van der Waals surface area contributed by atoms with E-state index in [9.17, 15) is 0 Å². The van der Waals surface area contributed by atoms with E-state index in [-0.39, 0.29) is 18.3 Å². The van der Waals surface area contributed by atoms with Crippen LogP contribution >= 0.6 is 0 Å². The van der Waals surface area contributed by atoms with E-state index in [4.69, 9.17) is 9.31 Å². The zero-order chi connectivity index (χ0) is 12.4. The summed E-state index contributed by atoms with van der Waals surface area (Å²) in [7, 11) is -0.172. The second-order valence-corrected chi connectivity index (χ2v) is 6.67. The molecular weight excluding hydrogens is 211 g/mol. The summed E-state index contributed by atoms with van der Waals surface area (Å²) in [6.45, 7) is 10.6. The van der Waals surface area contributed by atoms with E-state index in [1.54, 1.807) is 0 Å². The first-order valence-corrected chi connectivity index (χ1v) is 6.65. The monoisotopic (exact) mass is 232 g/mol. The van der Waals surface area contributed by atoms with Crippen molar-refractivity contribution >= 4 is 7.12 Å². The summed E-state index contributed by atoms with van der Waals surface area (Å²) in [5.41, 5.74) is 5.59. The molecule has 0 unspecified atom stereocenters. The van der Waals surface area contributed by atoms with Gasteiger partial charge in [-0.05, 0) is 59.0 Å². The number of hydrogen-bond donors (Lipinski definition) is 0. The Kier molecular flexibility index (Phi) is 2.24. The van der Waals surface area contributed by atoms with Gasteiger partial charge in [0, 0.05) is 11.4 Å². The normalized spacial score (nSPS) is 34.2. The van der Waals surface area contributed by atoms with E-state index in [2.05, 4.69) is 40.3 Å². The van der Waals surface area contributed by atoms with Crippen LogP contribution in [0.1, 0.15) is 47.5 Å². The summed E-state index contributed by atoms with van der Waals surface area (Å²) in [6.07, 6.45) is 2.71. The van der Waals surface area contributed by atoms with Gasteiger partial charge in [0.25, 0.3) is 0 Å². The summed E-state index contributed by atoms with van der Waals surface area (Å²) in [5.74, 6) is 1.43. The van der Waals surface area contributed by atoms with Crippen molar-refractivity contribution in [3.63, 3.8) is 0 Å². The van der Waals surface area contributed by atoms with Crippen molar-refractivity contribution in [2.75, 3.05) is 0 Å². The Hall–Kier alpha value is -0.495. The van der Waals surface area contributed by atoms with Gasteiger partial charge in [0.2, 0.25) is 0 Å². The van der Waals surface area contributed by atoms with Gasteiger partial charge >= 0.3 is 7.12 Å². The van der Waals surface area contributed by atoms with E-state index in [0.29, 0.717) is 5.92 Å². The van der Waals surface area contributed by atoms with Gasteiger partial charge in [0.05, 0.1) is 11.2 Å². The van der Waals surface area contributed by atoms with Crippen molar-refractivity contribution in [3.05, 3.63) is 16.8 Å². The molecule has 0 N–H and O–H groups in total. The minimum atomic E-state index is -0.232.